The zero-order chi connectivity index (χ0) is 8.48. The van der Waals surface area contributed by atoms with Gasteiger partial charge in [0.1, 0.15) is 0 Å². The molecular formula is C9H20OSi. The second-order valence-corrected chi connectivity index (χ2v) is 10.6. The Hall–Kier alpha value is 0.177. The molecule has 0 aliphatic carbocycles. The van der Waals surface area contributed by atoms with Gasteiger partial charge in [-0.1, -0.05) is 32.6 Å². The van der Waals surface area contributed by atoms with Gasteiger partial charge in [-0.2, -0.15) is 0 Å². The fourth-order valence-electron chi connectivity index (χ4n) is 1.75. The standard InChI is InChI=1S/C9H20OSi/c1-8-5-10-6-9(8)7-11(2,3)4/h8-9H,5-7H2,1-4H3/t8?,9-/m1/s1. The van der Waals surface area contributed by atoms with E-state index in [2.05, 4.69) is 26.6 Å². The SMILES string of the molecule is CC1COC[C@@H]1C[Si](C)(C)C. The summed E-state index contributed by atoms with van der Waals surface area (Å²) in [6.45, 7) is 11.7. The molecule has 0 aromatic rings. The molecule has 0 aromatic heterocycles. The Morgan fingerprint density at radius 1 is 1.27 bits per heavy atom. The van der Waals surface area contributed by atoms with Crippen molar-refractivity contribution in [3.05, 3.63) is 0 Å². The van der Waals surface area contributed by atoms with E-state index >= 15 is 0 Å². The highest BCUT2D eigenvalue weighted by atomic mass is 28.3. The normalized spacial score (nSPS) is 32.7. The maximum Gasteiger partial charge on any atom is 0.0495 e. The van der Waals surface area contributed by atoms with Crippen molar-refractivity contribution in [3.8, 4) is 0 Å². The van der Waals surface area contributed by atoms with Crippen LogP contribution in [0.2, 0.25) is 25.7 Å². The molecule has 1 unspecified atom stereocenters. The molecule has 0 amide bonds. The summed E-state index contributed by atoms with van der Waals surface area (Å²) in [6.07, 6.45) is 0. The van der Waals surface area contributed by atoms with Crippen molar-refractivity contribution in [3.63, 3.8) is 0 Å². The summed E-state index contributed by atoms with van der Waals surface area (Å²) in [5, 5.41) is 0. The Morgan fingerprint density at radius 3 is 2.27 bits per heavy atom. The van der Waals surface area contributed by atoms with Crippen molar-refractivity contribution in [1.82, 2.24) is 0 Å². The van der Waals surface area contributed by atoms with Crippen LogP contribution in [0.25, 0.3) is 0 Å². The van der Waals surface area contributed by atoms with Gasteiger partial charge >= 0.3 is 0 Å². The van der Waals surface area contributed by atoms with E-state index in [1.807, 2.05) is 0 Å². The number of ether oxygens (including phenoxy) is 1. The van der Waals surface area contributed by atoms with Crippen LogP contribution in [-0.2, 0) is 4.74 Å². The summed E-state index contributed by atoms with van der Waals surface area (Å²) in [5.74, 6) is 1.67. The van der Waals surface area contributed by atoms with Crippen LogP contribution in [0, 0.1) is 11.8 Å². The van der Waals surface area contributed by atoms with Crippen molar-refractivity contribution >= 4 is 8.07 Å². The maximum absolute atomic E-state index is 5.44. The lowest BCUT2D eigenvalue weighted by molar-refractivity contribution is 0.183. The summed E-state index contributed by atoms with van der Waals surface area (Å²) < 4.78 is 5.44. The summed E-state index contributed by atoms with van der Waals surface area (Å²) in [5.41, 5.74) is 0. The average Bonchev–Trinajstić information content (AvgIpc) is 2.12. The number of hydrogen-bond donors (Lipinski definition) is 0. The van der Waals surface area contributed by atoms with Gasteiger partial charge in [0, 0.05) is 21.3 Å². The number of rotatable bonds is 2. The molecular weight excluding hydrogens is 152 g/mol. The lowest BCUT2D eigenvalue weighted by atomic mass is 10.0. The van der Waals surface area contributed by atoms with E-state index in [-0.39, 0.29) is 0 Å². The zero-order valence-electron chi connectivity index (χ0n) is 8.18. The van der Waals surface area contributed by atoms with E-state index in [1.54, 1.807) is 0 Å². The molecule has 1 saturated heterocycles. The molecule has 1 heterocycles. The van der Waals surface area contributed by atoms with Crippen molar-refractivity contribution in [1.29, 1.82) is 0 Å². The molecule has 1 fully saturated rings. The highest BCUT2D eigenvalue weighted by Gasteiger charge is 2.28. The summed E-state index contributed by atoms with van der Waals surface area (Å²) in [4.78, 5) is 0. The molecule has 0 saturated carbocycles. The average molecular weight is 172 g/mol. The molecule has 0 radical (unpaired) electrons. The van der Waals surface area contributed by atoms with Gasteiger partial charge in [-0.15, -0.1) is 0 Å². The molecule has 11 heavy (non-hydrogen) atoms. The van der Waals surface area contributed by atoms with E-state index in [1.165, 1.54) is 6.04 Å². The smallest absolute Gasteiger partial charge is 0.0495 e. The molecule has 1 aliphatic heterocycles. The Bertz CT molecular complexity index is 128. The molecule has 0 aromatic carbocycles. The van der Waals surface area contributed by atoms with Crippen LogP contribution in [0.3, 0.4) is 0 Å². The molecule has 2 atom stereocenters. The monoisotopic (exact) mass is 172 g/mol. The first-order valence-corrected chi connectivity index (χ1v) is 8.27. The minimum Gasteiger partial charge on any atom is -0.381 e. The molecule has 0 spiro atoms. The fraction of sp³-hybridized carbons (Fsp3) is 1.00. The van der Waals surface area contributed by atoms with Gasteiger partial charge < -0.3 is 4.74 Å². The van der Waals surface area contributed by atoms with Crippen LogP contribution in [0.4, 0.5) is 0 Å². The van der Waals surface area contributed by atoms with Gasteiger partial charge in [0.05, 0.1) is 0 Å². The van der Waals surface area contributed by atoms with Crippen LogP contribution in [0.15, 0.2) is 0 Å². The predicted molar refractivity (Wildman–Crippen MR) is 51.6 cm³/mol. The van der Waals surface area contributed by atoms with Crippen LogP contribution < -0.4 is 0 Å². The topological polar surface area (TPSA) is 9.23 Å². The van der Waals surface area contributed by atoms with Crippen molar-refractivity contribution < 1.29 is 4.74 Å². The Morgan fingerprint density at radius 2 is 1.91 bits per heavy atom. The zero-order valence-corrected chi connectivity index (χ0v) is 9.18. The fourth-order valence-corrected chi connectivity index (χ4v) is 3.85. The second-order valence-electron chi connectivity index (χ2n) is 5.04. The molecule has 1 rings (SSSR count). The Balaban J connectivity index is 2.37. The summed E-state index contributed by atoms with van der Waals surface area (Å²) in [7, 11) is -0.844. The number of hydrogen-bond acceptors (Lipinski definition) is 1. The van der Waals surface area contributed by atoms with Crippen LogP contribution in [0.5, 0.6) is 0 Å². The van der Waals surface area contributed by atoms with Crippen LogP contribution in [-0.4, -0.2) is 21.3 Å². The third-order valence-corrected chi connectivity index (χ3v) is 4.14. The van der Waals surface area contributed by atoms with Crippen molar-refractivity contribution in [2.75, 3.05) is 13.2 Å². The van der Waals surface area contributed by atoms with Gasteiger partial charge in [-0.3, -0.25) is 0 Å². The van der Waals surface area contributed by atoms with Crippen molar-refractivity contribution in [2.45, 2.75) is 32.6 Å². The van der Waals surface area contributed by atoms with Crippen molar-refractivity contribution in [2.24, 2.45) is 11.8 Å². The highest BCUT2D eigenvalue weighted by Crippen LogP contribution is 2.28. The van der Waals surface area contributed by atoms with E-state index in [4.69, 9.17) is 4.74 Å². The third-order valence-electron chi connectivity index (χ3n) is 2.39. The molecule has 1 aliphatic rings. The largest absolute Gasteiger partial charge is 0.381 e. The highest BCUT2D eigenvalue weighted by molar-refractivity contribution is 6.76. The summed E-state index contributed by atoms with van der Waals surface area (Å²) >= 11 is 0. The maximum atomic E-state index is 5.44. The van der Waals surface area contributed by atoms with Gasteiger partial charge in [0.25, 0.3) is 0 Å². The quantitative estimate of drug-likeness (QED) is 0.582. The minimum absolute atomic E-state index is 0.807. The summed E-state index contributed by atoms with van der Waals surface area (Å²) in [6, 6.07) is 1.44. The Kier molecular flexibility index (Phi) is 2.76. The second kappa shape index (κ2) is 3.28. The van der Waals surface area contributed by atoms with E-state index < -0.39 is 8.07 Å². The first kappa shape index (κ1) is 9.27. The third kappa shape index (κ3) is 2.95. The van der Waals surface area contributed by atoms with Gasteiger partial charge in [0.2, 0.25) is 0 Å². The minimum atomic E-state index is -0.844. The van der Waals surface area contributed by atoms with Gasteiger partial charge in [0.15, 0.2) is 0 Å². The lowest BCUT2D eigenvalue weighted by Gasteiger charge is -2.22. The first-order chi connectivity index (χ1) is 4.99. The lowest BCUT2D eigenvalue weighted by Crippen LogP contribution is -2.26. The first-order valence-electron chi connectivity index (χ1n) is 4.57. The van der Waals surface area contributed by atoms with Crippen LogP contribution in [0.1, 0.15) is 6.92 Å². The van der Waals surface area contributed by atoms with E-state index in [0.717, 1.165) is 25.0 Å². The Labute approximate surface area is 71.1 Å². The molecule has 1 nitrogen and oxygen atoms in total. The molecule has 0 N–H and O–H groups in total. The van der Waals surface area contributed by atoms with Gasteiger partial charge in [-0.05, 0) is 11.8 Å². The van der Waals surface area contributed by atoms with Gasteiger partial charge in [-0.25, -0.2) is 0 Å². The predicted octanol–water partition coefficient (Wildman–Crippen LogP) is 2.61. The van der Waals surface area contributed by atoms with E-state index in [0.29, 0.717) is 0 Å². The molecule has 0 bridgehead atoms. The molecule has 2 heteroatoms. The van der Waals surface area contributed by atoms with Crippen LogP contribution >= 0.6 is 0 Å². The molecule has 66 valence electrons. The van der Waals surface area contributed by atoms with E-state index in [9.17, 15) is 0 Å².